The van der Waals surface area contributed by atoms with Crippen LogP contribution in [0.5, 0.6) is 0 Å². The van der Waals surface area contributed by atoms with Crippen LogP contribution in [0.3, 0.4) is 0 Å². The summed E-state index contributed by atoms with van der Waals surface area (Å²) in [5.41, 5.74) is 0. The van der Waals surface area contributed by atoms with E-state index in [2.05, 4.69) is 30.4 Å². The van der Waals surface area contributed by atoms with Crippen LogP contribution >= 0.6 is 11.8 Å². The van der Waals surface area contributed by atoms with Crippen molar-refractivity contribution in [2.24, 2.45) is 11.8 Å². The standard InChI is InChI=1S/C10H22N2S/c1-9-6-11-7-10(9)8-12(2)4-5-13-3/h9-11H,4-8H2,1-3H3/t9-,10+/m1/s1. The highest BCUT2D eigenvalue weighted by atomic mass is 32.2. The fraction of sp³-hybridized carbons (Fsp3) is 1.00. The maximum atomic E-state index is 3.45. The Bertz CT molecular complexity index is 141. The van der Waals surface area contributed by atoms with Crippen molar-refractivity contribution in [3.8, 4) is 0 Å². The van der Waals surface area contributed by atoms with Gasteiger partial charge in [-0.2, -0.15) is 11.8 Å². The van der Waals surface area contributed by atoms with Crippen molar-refractivity contribution in [2.75, 3.05) is 45.2 Å². The van der Waals surface area contributed by atoms with Crippen LogP contribution in [-0.4, -0.2) is 50.1 Å². The van der Waals surface area contributed by atoms with E-state index in [4.69, 9.17) is 0 Å². The van der Waals surface area contributed by atoms with Crippen molar-refractivity contribution in [1.82, 2.24) is 10.2 Å². The molecule has 0 amide bonds. The quantitative estimate of drug-likeness (QED) is 0.720. The molecule has 13 heavy (non-hydrogen) atoms. The van der Waals surface area contributed by atoms with Gasteiger partial charge < -0.3 is 10.2 Å². The minimum atomic E-state index is 0.858. The van der Waals surface area contributed by atoms with Gasteiger partial charge in [-0.05, 0) is 38.2 Å². The van der Waals surface area contributed by atoms with Gasteiger partial charge in [0.2, 0.25) is 0 Å². The van der Waals surface area contributed by atoms with Crippen molar-refractivity contribution in [3.63, 3.8) is 0 Å². The summed E-state index contributed by atoms with van der Waals surface area (Å²) in [6.07, 6.45) is 2.17. The third-order valence-corrected chi connectivity index (χ3v) is 3.49. The van der Waals surface area contributed by atoms with Crippen LogP contribution in [-0.2, 0) is 0 Å². The number of hydrogen-bond donors (Lipinski definition) is 1. The van der Waals surface area contributed by atoms with E-state index in [-0.39, 0.29) is 0 Å². The summed E-state index contributed by atoms with van der Waals surface area (Å²) in [5.74, 6) is 2.98. The largest absolute Gasteiger partial charge is 0.316 e. The van der Waals surface area contributed by atoms with Crippen molar-refractivity contribution in [1.29, 1.82) is 0 Å². The molecule has 0 unspecified atom stereocenters. The first-order valence-corrected chi connectivity index (χ1v) is 6.51. The summed E-state index contributed by atoms with van der Waals surface area (Å²) in [6.45, 7) is 7.26. The third-order valence-electron chi connectivity index (χ3n) is 2.90. The lowest BCUT2D eigenvalue weighted by Crippen LogP contribution is -2.30. The molecule has 1 saturated heterocycles. The number of hydrogen-bond acceptors (Lipinski definition) is 3. The molecule has 1 rings (SSSR count). The highest BCUT2D eigenvalue weighted by Gasteiger charge is 2.23. The molecule has 0 radical (unpaired) electrons. The van der Waals surface area contributed by atoms with Crippen molar-refractivity contribution in [3.05, 3.63) is 0 Å². The lowest BCUT2D eigenvalue weighted by atomic mass is 9.98. The highest BCUT2D eigenvalue weighted by Crippen LogP contribution is 2.16. The Balaban J connectivity index is 2.15. The predicted octanol–water partition coefficient (Wildman–Crippen LogP) is 1.14. The molecule has 1 aliphatic rings. The summed E-state index contributed by atoms with van der Waals surface area (Å²) < 4.78 is 0. The zero-order valence-corrected chi connectivity index (χ0v) is 9.86. The molecule has 0 spiro atoms. The van der Waals surface area contributed by atoms with Crippen molar-refractivity contribution >= 4 is 11.8 Å². The molecule has 1 heterocycles. The molecule has 3 heteroatoms. The summed E-state index contributed by atoms with van der Waals surface area (Å²) in [5, 5.41) is 3.45. The zero-order valence-electron chi connectivity index (χ0n) is 9.05. The van der Waals surface area contributed by atoms with E-state index < -0.39 is 0 Å². The molecule has 0 aromatic rings. The van der Waals surface area contributed by atoms with Crippen LogP contribution in [0.15, 0.2) is 0 Å². The molecular weight excluding hydrogens is 180 g/mol. The average Bonchev–Trinajstić information content (AvgIpc) is 2.48. The molecular formula is C10H22N2S. The molecule has 0 saturated carbocycles. The maximum Gasteiger partial charge on any atom is 0.00693 e. The molecule has 0 aliphatic carbocycles. The number of rotatable bonds is 5. The van der Waals surface area contributed by atoms with Gasteiger partial charge in [0.05, 0.1) is 0 Å². The smallest absolute Gasteiger partial charge is 0.00693 e. The van der Waals surface area contributed by atoms with Gasteiger partial charge in [-0.1, -0.05) is 6.92 Å². The van der Waals surface area contributed by atoms with E-state index in [0.717, 1.165) is 11.8 Å². The number of nitrogens with zero attached hydrogens (tertiary/aromatic N) is 1. The van der Waals surface area contributed by atoms with Gasteiger partial charge in [-0.3, -0.25) is 0 Å². The molecule has 0 aromatic heterocycles. The van der Waals surface area contributed by atoms with Gasteiger partial charge in [0.25, 0.3) is 0 Å². The topological polar surface area (TPSA) is 15.3 Å². The first kappa shape index (κ1) is 11.3. The van der Waals surface area contributed by atoms with Gasteiger partial charge in [-0.25, -0.2) is 0 Å². The molecule has 0 bridgehead atoms. The molecule has 1 N–H and O–H groups in total. The van der Waals surface area contributed by atoms with E-state index in [1.165, 1.54) is 31.9 Å². The lowest BCUT2D eigenvalue weighted by molar-refractivity contribution is 0.271. The van der Waals surface area contributed by atoms with Crippen LogP contribution in [0.2, 0.25) is 0 Å². The third kappa shape index (κ3) is 3.88. The second-order valence-corrected chi connectivity index (χ2v) is 5.14. The van der Waals surface area contributed by atoms with E-state index in [1.54, 1.807) is 0 Å². The van der Waals surface area contributed by atoms with E-state index in [9.17, 15) is 0 Å². The first-order chi connectivity index (χ1) is 6.24. The molecule has 0 aromatic carbocycles. The van der Waals surface area contributed by atoms with Crippen LogP contribution in [0, 0.1) is 11.8 Å². The Kier molecular flexibility index (Phi) is 5.14. The Morgan fingerprint density at radius 1 is 1.46 bits per heavy atom. The predicted molar refractivity (Wildman–Crippen MR) is 61.4 cm³/mol. The van der Waals surface area contributed by atoms with Gasteiger partial charge in [0.15, 0.2) is 0 Å². The van der Waals surface area contributed by atoms with Gasteiger partial charge in [0.1, 0.15) is 0 Å². The molecule has 1 fully saturated rings. The van der Waals surface area contributed by atoms with Crippen LogP contribution in [0.1, 0.15) is 6.92 Å². The van der Waals surface area contributed by atoms with E-state index >= 15 is 0 Å². The second kappa shape index (κ2) is 5.89. The number of thioether (sulfide) groups is 1. The minimum Gasteiger partial charge on any atom is -0.316 e. The zero-order chi connectivity index (χ0) is 9.68. The summed E-state index contributed by atoms with van der Waals surface area (Å²) in [6, 6.07) is 0. The number of nitrogens with one attached hydrogen (secondary N) is 1. The van der Waals surface area contributed by atoms with E-state index in [1.807, 2.05) is 11.8 Å². The second-order valence-electron chi connectivity index (χ2n) is 4.15. The fourth-order valence-electron chi connectivity index (χ4n) is 1.85. The van der Waals surface area contributed by atoms with Gasteiger partial charge >= 0.3 is 0 Å². The minimum absolute atomic E-state index is 0.858. The van der Waals surface area contributed by atoms with Crippen LogP contribution < -0.4 is 5.32 Å². The Morgan fingerprint density at radius 2 is 2.23 bits per heavy atom. The maximum absolute atomic E-state index is 3.45. The highest BCUT2D eigenvalue weighted by molar-refractivity contribution is 7.98. The van der Waals surface area contributed by atoms with E-state index in [0.29, 0.717) is 0 Å². The normalized spacial score (nSPS) is 28.6. The molecule has 78 valence electrons. The Morgan fingerprint density at radius 3 is 2.77 bits per heavy atom. The van der Waals surface area contributed by atoms with Gasteiger partial charge in [-0.15, -0.1) is 0 Å². The van der Waals surface area contributed by atoms with Crippen LogP contribution in [0.25, 0.3) is 0 Å². The SMILES string of the molecule is CSCCN(C)C[C@@H]1CNC[C@H]1C. The summed E-state index contributed by atoms with van der Waals surface area (Å²) in [7, 11) is 2.24. The van der Waals surface area contributed by atoms with Crippen LogP contribution in [0.4, 0.5) is 0 Å². The monoisotopic (exact) mass is 202 g/mol. The van der Waals surface area contributed by atoms with Gasteiger partial charge in [0, 0.05) is 18.8 Å². The first-order valence-electron chi connectivity index (χ1n) is 5.12. The molecule has 2 nitrogen and oxygen atoms in total. The Hall–Kier alpha value is 0.270. The fourth-order valence-corrected chi connectivity index (χ4v) is 2.34. The summed E-state index contributed by atoms with van der Waals surface area (Å²) in [4.78, 5) is 2.46. The molecule has 1 aliphatic heterocycles. The van der Waals surface area contributed by atoms with Crippen molar-refractivity contribution in [2.45, 2.75) is 6.92 Å². The average molecular weight is 202 g/mol. The Labute approximate surface area is 86.5 Å². The van der Waals surface area contributed by atoms with Crippen molar-refractivity contribution < 1.29 is 0 Å². The molecule has 2 atom stereocenters. The lowest BCUT2D eigenvalue weighted by Gasteiger charge is -2.22. The summed E-state index contributed by atoms with van der Waals surface area (Å²) >= 11 is 1.93.